The maximum Gasteiger partial charge on any atom is 0.160 e. The predicted octanol–water partition coefficient (Wildman–Crippen LogP) is 2.69. The monoisotopic (exact) mass is 316 g/mol. The number of methoxy groups -OCH3 is 1. The second kappa shape index (κ2) is 8.24. The van der Waals surface area contributed by atoms with E-state index in [2.05, 4.69) is 15.9 Å². The summed E-state index contributed by atoms with van der Waals surface area (Å²) in [5, 5.41) is 0. The van der Waals surface area contributed by atoms with E-state index in [0.29, 0.717) is 37.7 Å². The quantitative estimate of drug-likeness (QED) is 0.546. The van der Waals surface area contributed by atoms with Crippen molar-refractivity contribution in [3.8, 4) is 5.75 Å². The minimum atomic E-state index is 0.0244. The molecule has 0 atom stereocenters. The van der Waals surface area contributed by atoms with Crippen LogP contribution >= 0.6 is 15.9 Å². The number of carbonyl (C=O) groups is 1. The molecule has 0 heterocycles. The smallest absolute Gasteiger partial charge is 0.160 e. The molecule has 0 aliphatic rings. The van der Waals surface area contributed by atoms with Crippen LogP contribution in [0.15, 0.2) is 22.7 Å². The molecule has 0 aromatic heterocycles. The lowest BCUT2D eigenvalue weighted by atomic mass is 10.1. The van der Waals surface area contributed by atoms with Crippen molar-refractivity contribution in [2.75, 3.05) is 33.5 Å². The molecular formula is C13H17BrO4. The Morgan fingerprint density at radius 1 is 1.22 bits per heavy atom. The molecule has 100 valence electrons. The van der Waals surface area contributed by atoms with E-state index in [9.17, 15) is 4.79 Å². The lowest BCUT2D eigenvalue weighted by Gasteiger charge is -2.08. The van der Waals surface area contributed by atoms with Crippen molar-refractivity contribution in [3.05, 3.63) is 28.2 Å². The van der Waals surface area contributed by atoms with E-state index in [1.807, 2.05) is 0 Å². The molecule has 0 unspecified atom stereocenters. The zero-order chi connectivity index (χ0) is 13.4. The van der Waals surface area contributed by atoms with E-state index >= 15 is 0 Å². The van der Waals surface area contributed by atoms with Gasteiger partial charge in [0.15, 0.2) is 5.78 Å². The summed E-state index contributed by atoms with van der Waals surface area (Å²) in [6, 6.07) is 5.30. The van der Waals surface area contributed by atoms with Crippen LogP contribution in [0.5, 0.6) is 5.75 Å². The molecule has 0 fully saturated rings. The van der Waals surface area contributed by atoms with Crippen LogP contribution in [0.4, 0.5) is 0 Å². The van der Waals surface area contributed by atoms with Gasteiger partial charge in [0.2, 0.25) is 0 Å². The van der Waals surface area contributed by atoms with Crippen molar-refractivity contribution in [1.82, 2.24) is 0 Å². The molecule has 0 aliphatic carbocycles. The van der Waals surface area contributed by atoms with Crippen molar-refractivity contribution in [1.29, 1.82) is 0 Å². The van der Waals surface area contributed by atoms with Crippen LogP contribution < -0.4 is 4.74 Å². The van der Waals surface area contributed by atoms with Crippen molar-refractivity contribution in [3.63, 3.8) is 0 Å². The zero-order valence-electron chi connectivity index (χ0n) is 10.6. The number of halogens is 1. The molecule has 0 spiro atoms. The molecule has 4 nitrogen and oxygen atoms in total. The Kier molecular flexibility index (Phi) is 6.93. The van der Waals surface area contributed by atoms with E-state index in [4.69, 9.17) is 14.2 Å². The normalized spacial score (nSPS) is 10.4. The summed E-state index contributed by atoms with van der Waals surface area (Å²) >= 11 is 3.34. The first-order valence-corrected chi connectivity index (χ1v) is 6.44. The molecule has 0 aliphatic heterocycles. The highest BCUT2D eigenvalue weighted by molar-refractivity contribution is 9.10. The van der Waals surface area contributed by atoms with Gasteiger partial charge in [0, 0.05) is 17.1 Å². The minimum absolute atomic E-state index is 0.0244. The van der Waals surface area contributed by atoms with Crippen LogP contribution in [0.25, 0.3) is 0 Å². The van der Waals surface area contributed by atoms with Crippen LogP contribution in [0.1, 0.15) is 17.3 Å². The largest absolute Gasteiger partial charge is 0.491 e. The number of hydrogen-bond donors (Lipinski definition) is 0. The summed E-state index contributed by atoms with van der Waals surface area (Å²) < 4.78 is 16.4. The van der Waals surface area contributed by atoms with E-state index in [1.54, 1.807) is 25.3 Å². The zero-order valence-corrected chi connectivity index (χ0v) is 12.2. The Balaban J connectivity index is 2.35. The lowest BCUT2D eigenvalue weighted by Crippen LogP contribution is -2.10. The summed E-state index contributed by atoms with van der Waals surface area (Å²) in [4.78, 5) is 11.2. The Morgan fingerprint density at radius 3 is 2.56 bits per heavy atom. The molecule has 1 rings (SSSR count). The Labute approximate surface area is 115 Å². The van der Waals surface area contributed by atoms with E-state index in [-0.39, 0.29) is 5.78 Å². The Bertz CT molecular complexity index is 393. The van der Waals surface area contributed by atoms with Gasteiger partial charge in [-0.1, -0.05) is 0 Å². The highest BCUT2D eigenvalue weighted by Gasteiger charge is 2.06. The first kappa shape index (κ1) is 15.1. The predicted molar refractivity (Wildman–Crippen MR) is 72.3 cm³/mol. The molecule has 18 heavy (non-hydrogen) atoms. The molecule has 0 saturated heterocycles. The Hall–Kier alpha value is -0.910. The summed E-state index contributed by atoms with van der Waals surface area (Å²) in [6.45, 7) is 3.65. The number of carbonyl (C=O) groups excluding carboxylic acids is 1. The Morgan fingerprint density at radius 2 is 1.94 bits per heavy atom. The maximum absolute atomic E-state index is 11.2. The molecule has 5 heteroatoms. The van der Waals surface area contributed by atoms with Crippen LogP contribution in [0.2, 0.25) is 0 Å². The molecule has 1 aromatic carbocycles. The van der Waals surface area contributed by atoms with E-state index in [0.717, 1.165) is 4.47 Å². The first-order chi connectivity index (χ1) is 8.65. The van der Waals surface area contributed by atoms with Crippen molar-refractivity contribution < 1.29 is 19.0 Å². The third-order valence-electron chi connectivity index (χ3n) is 2.25. The van der Waals surface area contributed by atoms with Gasteiger partial charge < -0.3 is 14.2 Å². The van der Waals surface area contributed by atoms with Gasteiger partial charge in [0.1, 0.15) is 12.4 Å². The fraction of sp³-hybridized carbons (Fsp3) is 0.462. The molecule has 0 saturated carbocycles. The van der Waals surface area contributed by atoms with Gasteiger partial charge in [0.25, 0.3) is 0 Å². The van der Waals surface area contributed by atoms with Gasteiger partial charge >= 0.3 is 0 Å². The van der Waals surface area contributed by atoms with Crippen molar-refractivity contribution >= 4 is 21.7 Å². The van der Waals surface area contributed by atoms with Gasteiger partial charge in [-0.3, -0.25) is 4.79 Å². The summed E-state index contributed by atoms with van der Waals surface area (Å²) in [5.74, 6) is 0.735. The van der Waals surface area contributed by atoms with Gasteiger partial charge in [-0.05, 0) is 41.1 Å². The van der Waals surface area contributed by atoms with Crippen LogP contribution in [0, 0.1) is 0 Å². The van der Waals surface area contributed by atoms with Gasteiger partial charge in [-0.15, -0.1) is 0 Å². The molecular weight excluding hydrogens is 300 g/mol. The van der Waals surface area contributed by atoms with Crippen LogP contribution in [-0.2, 0) is 9.47 Å². The van der Waals surface area contributed by atoms with Crippen LogP contribution in [-0.4, -0.2) is 39.3 Å². The summed E-state index contributed by atoms with van der Waals surface area (Å²) in [5.41, 5.74) is 0.652. The van der Waals surface area contributed by atoms with E-state index < -0.39 is 0 Å². The molecule has 0 bridgehead atoms. The number of hydrogen-bond acceptors (Lipinski definition) is 4. The van der Waals surface area contributed by atoms with Crippen LogP contribution in [0.3, 0.4) is 0 Å². The number of ketones is 1. The fourth-order valence-electron chi connectivity index (χ4n) is 1.33. The van der Waals surface area contributed by atoms with Gasteiger partial charge in [-0.25, -0.2) is 0 Å². The number of ether oxygens (including phenoxy) is 3. The average Bonchev–Trinajstić information content (AvgIpc) is 2.33. The molecule has 0 radical (unpaired) electrons. The standard InChI is InChI=1S/C13H17BrO4/c1-10(15)12-4-3-11(9-13(12)14)18-8-7-17-6-5-16-2/h3-4,9H,5-8H2,1-2H3. The second-order valence-corrected chi connectivity index (χ2v) is 4.51. The second-order valence-electron chi connectivity index (χ2n) is 3.65. The third-order valence-corrected chi connectivity index (χ3v) is 2.90. The molecule has 1 aromatic rings. The van der Waals surface area contributed by atoms with Gasteiger partial charge in [0.05, 0.1) is 19.8 Å². The molecule has 0 amide bonds. The van der Waals surface area contributed by atoms with Gasteiger partial charge in [-0.2, -0.15) is 0 Å². The maximum atomic E-state index is 11.2. The highest BCUT2D eigenvalue weighted by atomic mass is 79.9. The first-order valence-electron chi connectivity index (χ1n) is 5.65. The number of benzene rings is 1. The third kappa shape index (κ3) is 5.16. The average molecular weight is 317 g/mol. The topological polar surface area (TPSA) is 44.8 Å². The van der Waals surface area contributed by atoms with E-state index in [1.165, 1.54) is 6.92 Å². The lowest BCUT2D eigenvalue weighted by molar-refractivity contribution is 0.0544. The fourth-order valence-corrected chi connectivity index (χ4v) is 1.97. The summed E-state index contributed by atoms with van der Waals surface area (Å²) in [7, 11) is 1.63. The molecule has 0 N–H and O–H groups in total. The minimum Gasteiger partial charge on any atom is -0.491 e. The van der Waals surface area contributed by atoms with Crippen molar-refractivity contribution in [2.24, 2.45) is 0 Å². The SMILES string of the molecule is COCCOCCOc1ccc(C(C)=O)c(Br)c1. The summed E-state index contributed by atoms with van der Waals surface area (Å²) in [6.07, 6.45) is 0. The van der Waals surface area contributed by atoms with Crippen molar-refractivity contribution in [2.45, 2.75) is 6.92 Å². The number of Topliss-reactive ketones (excluding diaryl/α,β-unsaturated/α-hetero) is 1. The highest BCUT2D eigenvalue weighted by Crippen LogP contribution is 2.23. The number of rotatable bonds is 8.